The van der Waals surface area contributed by atoms with Crippen LogP contribution in [0.25, 0.3) is 0 Å². The summed E-state index contributed by atoms with van der Waals surface area (Å²) in [4.78, 5) is 51.0. The molecule has 1 aromatic rings. The zero-order valence-corrected chi connectivity index (χ0v) is 20.2. The zero-order chi connectivity index (χ0) is 26.6. The number of phenolic OH excluding ortho intramolecular Hbond substituents is 1. The number of phenols is 1. The molecule has 35 heavy (non-hydrogen) atoms. The number of nitriles is 1. The van der Waals surface area contributed by atoms with E-state index in [1.165, 1.54) is 24.3 Å². The Kier molecular flexibility index (Phi) is 11.5. The van der Waals surface area contributed by atoms with Gasteiger partial charge in [-0.3, -0.25) is 14.4 Å². The summed E-state index contributed by atoms with van der Waals surface area (Å²) in [6, 6.07) is 4.35. The van der Waals surface area contributed by atoms with Gasteiger partial charge < -0.3 is 35.2 Å². The van der Waals surface area contributed by atoms with Crippen LogP contribution in [0.4, 0.5) is 4.79 Å². The predicted molar refractivity (Wildman–Crippen MR) is 123 cm³/mol. The van der Waals surface area contributed by atoms with Crippen LogP contribution in [-0.2, 0) is 23.9 Å². The first-order valence-corrected chi connectivity index (χ1v) is 10.9. The van der Waals surface area contributed by atoms with Crippen LogP contribution in [0.1, 0.15) is 45.7 Å². The molecule has 12 heteroatoms. The first-order chi connectivity index (χ1) is 16.4. The highest BCUT2D eigenvalue weighted by molar-refractivity contribution is 5.92. The van der Waals surface area contributed by atoms with Crippen LogP contribution in [0.5, 0.6) is 5.75 Å². The molecule has 0 radical (unpaired) electrons. The van der Waals surface area contributed by atoms with E-state index in [1.54, 1.807) is 33.8 Å². The van der Waals surface area contributed by atoms with Gasteiger partial charge in [0.05, 0.1) is 25.7 Å². The maximum Gasteiger partial charge on any atom is 0.408 e. The van der Waals surface area contributed by atoms with Crippen molar-refractivity contribution < 1.29 is 38.9 Å². The molecule has 0 aromatic heterocycles. The summed E-state index contributed by atoms with van der Waals surface area (Å²) < 4.78 is 9.93. The molecule has 1 aromatic carbocycles. The van der Waals surface area contributed by atoms with Crippen LogP contribution in [0, 0.1) is 11.3 Å². The Bertz CT molecular complexity index is 938. The van der Waals surface area contributed by atoms with E-state index in [4.69, 9.17) is 9.47 Å². The van der Waals surface area contributed by atoms with Gasteiger partial charge in [-0.2, -0.15) is 5.26 Å². The molecule has 0 heterocycles. The standard InChI is InChI=1S/C23H32N4O8/c1-5-34-18(30)9-11-25-20(31)19(15-7-6-8-16(29)13-15)27(12-10-24)21(32)17(14-28)26-22(33)35-23(2,3)4/h6-8,13,17,19,28-29H,5,9,11-12,14H2,1-4H3,(H,25,31)(H,26,33). The molecule has 0 fully saturated rings. The smallest absolute Gasteiger partial charge is 0.408 e. The van der Waals surface area contributed by atoms with Gasteiger partial charge in [-0.15, -0.1) is 0 Å². The van der Waals surface area contributed by atoms with Gasteiger partial charge in [-0.1, -0.05) is 12.1 Å². The third-order valence-corrected chi connectivity index (χ3v) is 4.38. The van der Waals surface area contributed by atoms with Crippen molar-refractivity contribution in [2.45, 2.75) is 51.8 Å². The van der Waals surface area contributed by atoms with Crippen molar-refractivity contribution in [2.24, 2.45) is 0 Å². The van der Waals surface area contributed by atoms with Gasteiger partial charge in [0.25, 0.3) is 0 Å². The molecule has 2 atom stereocenters. The number of aliphatic hydroxyl groups excluding tert-OH is 1. The lowest BCUT2D eigenvalue weighted by atomic mass is 10.0. The number of nitrogens with one attached hydrogen (secondary N) is 2. The van der Waals surface area contributed by atoms with Crippen LogP contribution in [0.2, 0.25) is 0 Å². The first kappa shape index (κ1) is 29.2. The highest BCUT2D eigenvalue weighted by atomic mass is 16.6. The van der Waals surface area contributed by atoms with E-state index in [2.05, 4.69) is 10.6 Å². The molecule has 2 unspecified atom stereocenters. The number of alkyl carbamates (subject to hydrolysis) is 1. The van der Waals surface area contributed by atoms with Crippen molar-refractivity contribution in [1.29, 1.82) is 5.26 Å². The van der Waals surface area contributed by atoms with Crippen molar-refractivity contribution in [3.63, 3.8) is 0 Å². The second kappa shape index (κ2) is 13.8. The average Bonchev–Trinajstić information content (AvgIpc) is 2.75. The Hall–Kier alpha value is -3.85. The summed E-state index contributed by atoms with van der Waals surface area (Å²) >= 11 is 0. The van der Waals surface area contributed by atoms with Crippen molar-refractivity contribution >= 4 is 23.9 Å². The van der Waals surface area contributed by atoms with Crippen LogP contribution in [0.15, 0.2) is 24.3 Å². The van der Waals surface area contributed by atoms with E-state index in [9.17, 15) is 34.7 Å². The fourth-order valence-electron chi connectivity index (χ4n) is 2.99. The molecule has 0 saturated heterocycles. The second-order valence-corrected chi connectivity index (χ2v) is 8.35. The van der Waals surface area contributed by atoms with E-state index in [0.29, 0.717) is 0 Å². The molecular formula is C23H32N4O8. The number of hydrogen-bond acceptors (Lipinski definition) is 9. The molecule has 4 N–H and O–H groups in total. The molecular weight excluding hydrogens is 460 g/mol. The summed E-state index contributed by atoms with van der Waals surface area (Å²) in [5.41, 5.74) is -0.709. The van der Waals surface area contributed by atoms with E-state index >= 15 is 0 Å². The number of aliphatic hydroxyl groups is 1. The van der Waals surface area contributed by atoms with Gasteiger partial charge in [0.2, 0.25) is 11.8 Å². The number of carbonyl (C=O) groups excluding carboxylic acids is 4. The van der Waals surface area contributed by atoms with Crippen molar-refractivity contribution in [3.8, 4) is 11.8 Å². The number of ether oxygens (including phenoxy) is 2. The lowest BCUT2D eigenvalue weighted by Gasteiger charge is -2.32. The Balaban J connectivity index is 3.24. The quantitative estimate of drug-likeness (QED) is 0.256. The van der Waals surface area contributed by atoms with E-state index in [0.717, 1.165) is 4.90 Å². The second-order valence-electron chi connectivity index (χ2n) is 8.35. The fraction of sp³-hybridized carbons (Fsp3) is 0.522. The molecule has 0 aliphatic heterocycles. The van der Waals surface area contributed by atoms with Gasteiger partial charge in [0, 0.05) is 6.54 Å². The van der Waals surface area contributed by atoms with Gasteiger partial charge in [0.1, 0.15) is 30.0 Å². The number of hydrogen-bond donors (Lipinski definition) is 4. The van der Waals surface area contributed by atoms with Crippen LogP contribution in [-0.4, -0.2) is 76.9 Å². The molecule has 0 aliphatic carbocycles. The topological polar surface area (TPSA) is 178 Å². The summed E-state index contributed by atoms with van der Waals surface area (Å²) in [5.74, 6) is -2.42. The molecule has 1 rings (SSSR count). The van der Waals surface area contributed by atoms with Gasteiger partial charge in [0.15, 0.2) is 0 Å². The lowest BCUT2D eigenvalue weighted by molar-refractivity contribution is -0.144. The number of aromatic hydroxyl groups is 1. The molecule has 0 bridgehead atoms. The third-order valence-electron chi connectivity index (χ3n) is 4.38. The van der Waals surface area contributed by atoms with Gasteiger partial charge >= 0.3 is 12.1 Å². The summed E-state index contributed by atoms with van der Waals surface area (Å²) in [6.07, 6.45) is -1.10. The Morgan fingerprint density at radius 3 is 2.46 bits per heavy atom. The largest absolute Gasteiger partial charge is 0.508 e. The number of rotatable bonds is 11. The van der Waals surface area contributed by atoms with Gasteiger partial charge in [-0.05, 0) is 45.4 Å². The minimum absolute atomic E-state index is 0.110. The summed E-state index contributed by atoms with van der Waals surface area (Å²) in [5, 5.41) is 33.8. The molecule has 12 nitrogen and oxygen atoms in total. The number of benzene rings is 1. The number of esters is 1. The van der Waals surface area contributed by atoms with Crippen molar-refractivity contribution in [3.05, 3.63) is 29.8 Å². The number of nitrogens with zero attached hydrogens (tertiary/aromatic N) is 2. The van der Waals surface area contributed by atoms with Gasteiger partial charge in [-0.25, -0.2) is 4.79 Å². The van der Waals surface area contributed by atoms with E-state index < -0.39 is 54.7 Å². The molecule has 0 spiro atoms. The maximum absolute atomic E-state index is 13.3. The predicted octanol–water partition coefficient (Wildman–Crippen LogP) is 0.740. The van der Waals surface area contributed by atoms with Crippen LogP contribution in [0.3, 0.4) is 0 Å². The van der Waals surface area contributed by atoms with E-state index in [1.807, 2.05) is 0 Å². The molecule has 0 saturated carbocycles. The first-order valence-electron chi connectivity index (χ1n) is 10.9. The Morgan fingerprint density at radius 2 is 1.91 bits per heavy atom. The molecule has 3 amide bonds. The monoisotopic (exact) mass is 492 g/mol. The molecule has 0 aliphatic rings. The normalized spacial score (nSPS) is 12.5. The van der Waals surface area contributed by atoms with Crippen LogP contribution < -0.4 is 10.6 Å². The summed E-state index contributed by atoms with van der Waals surface area (Å²) in [6.45, 7) is 5.13. The lowest BCUT2D eigenvalue weighted by Crippen LogP contribution is -2.54. The fourth-order valence-corrected chi connectivity index (χ4v) is 2.99. The number of carbonyl (C=O) groups is 4. The van der Waals surface area contributed by atoms with E-state index in [-0.39, 0.29) is 30.9 Å². The van der Waals surface area contributed by atoms with Crippen molar-refractivity contribution in [2.75, 3.05) is 26.3 Å². The van der Waals surface area contributed by atoms with Crippen molar-refractivity contribution in [1.82, 2.24) is 15.5 Å². The SMILES string of the molecule is CCOC(=O)CCNC(=O)C(c1cccc(O)c1)N(CC#N)C(=O)C(CO)NC(=O)OC(C)(C)C. The Morgan fingerprint density at radius 1 is 1.23 bits per heavy atom. The Labute approximate surface area is 203 Å². The minimum Gasteiger partial charge on any atom is -0.508 e. The molecule has 192 valence electrons. The highest BCUT2D eigenvalue weighted by Crippen LogP contribution is 2.25. The van der Waals surface area contributed by atoms with Crippen LogP contribution >= 0.6 is 0 Å². The average molecular weight is 493 g/mol. The number of amides is 3. The zero-order valence-electron chi connectivity index (χ0n) is 20.2. The third kappa shape index (κ3) is 9.89. The summed E-state index contributed by atoms with van der Waals surface area (Å²) in [7, 11) is 0. The maximum atomic E-state index is 13.3. The highest BCUT2D eigenvalue weighted by Gasteiger charge is 2.36. The minimum atomic E-state index is -1.52.